The lowest BCUT2D eigenvalue weighted by molar-refractivity contribution is 0.0667. The minimum absolute atomic E-state index is 0.279. The van der Waals surface area contributed by atoms with Gasteiger partial charge in [0.05, 0.1) is 0 Å². The molecule has 15 heavy (non-hydrogen) atoms. The van der Waals surface area contributed by atoms with E-state index in [1.807, 2.05) is 0 Å². The molecule has 2 aliphatic rings. The van der Waals surface area contributed by atoms with Gasteiger partial charge in [-0.3, -0.25) is 4.90 Å². The average Bonchev–Trinajstić information content (AvgIpc) is 2.24. The normalized spacial score (nSPS) is 35.1. The van der Waals surface area contributed by atoms with Crippen molar-refractivity contribution < 1.29 is 5.21 Å². The Balaban J connectivity index is 1.77. The van der Waals surface area contributed by atoms with Crippen molar-refractivity contribution in [1.82, 2.24) is 4.90 Å². The Bertz CT molecular complexity index is 242. The molecular weight excluding hydrogens is 192 g/mol. The molecule has 1 aliphatic heterocycles. The van der Waals surface area contributed by atoms with Gasteiger partial charge in [0.2, 0.25) is 0 Å². The molecule has 5 nitrogen and oxygen atoms in total. The zero-order valence-corrected chi connectivity index (χ0v) is 8.97. The predicted octanol–water partition coefficient (Wildman–Crippen LogP) is -0.0655. The summed E-state index contributed by atoms with van der Waals surface area (Å²) in [6.45, 7) is 2.08. The van der Waals surface area contributed by atoms with Crippen molar-refractivity contribution in [3.63, 3.8) is 0 Å². The van der Waals surface area contributed by atoms with Crippen LogP contribution in [0.1, 0.15) is 25.7 Å². The van der Waals surface area contributed by atoms with Gasteiger partial charge in [0.15, 0.2) is 0 Å². The molecule has 5 N–H and O–H groups in total. The van der Waals surface area contributed by atoms with Gasteiger partial charge in [0, 0.05) is 31.1 Å². The van der Waals surface area contributed by atoms with Crippen LogP contribution in [0.2, 0.25) is 0 Å². The number of hydrogen-bond donors (Lipinski definition) is 3. The van der Waals surface area contributed by atoms with Crippen LogP contribution in [0, 0.1) is 5.92 Å². The van der Waals surface area contributed by atoms with Crippen molar-refractivity contribution in [3.05, 3.63) is 0 Å². The van der Waals surface area contributed by atoms with Crippen molar-refractivity contribution in [3.8, 4) is 0 Å². The first-order chi connectivity index (χ1) is 7.20. The summed E-state index contributed by atoms with van der Waals surface area (Å²) >= 11 is 0. The first kappa shape index (κ1) is 10.7. The molecule has 0 aromatic rings. The van der Waals surface area contributed by atoms with Crippen LogP contribution < -0.4 is 11.5 Å². The van der Waals surface area contributed by atoms with E-state index in [0.717, 1.165) is 38.8 Å². The Morgan fingerprint density at radius 3 is 2.27 bits per heavy atom. The quantitative estimate of drug-likeness (QED) is 0.259. The number of amidine groups is 1. The van der Waals surface area contributed by atoms with E-state index in [-0.39, 0.29) is 5.92 Å². The second kappa shape index (κ2) is 4.37. The molecule has 0 bridgehead atoms. The summed E-state index contributed by atoms with van der Waals surface area (Å²) in [5.41, 5.74) is 11.4. The van der Waals surface area contributed by atoms with Crippen molar-refractivity contribution in [2.24, 2.45) is 22.5 Å². The van der Waals surface area contributed by atoms with Gasteiger partial charge < -0.3 is 16.7 Å². The Morgan fingerprint density at radius 2 is 1.80 bits per heavy atom. The van der Waals surface area contributed by atoms with Gasteiger partial charge in [-0.2, -0.15) is 0 Å². The highest BCUT2D eigenvalue weighted by atomic mass is 16.4. The second-order valence-electron chi connectivity index (χ2n) is 4.74. The summed E-state index contributed by atoms with van der Waals surface area (Å²) in [7, 11) is 0. The molecule has 1 saturated heterocycles. The molecule has 0 unspecified atom stereocenters. The van der Waals surface area contributed by atoms with Crippen LogP contribution in [0.3, 0.4) is 0 Å². The Morgan fingerprint density at radius 1 is 1.20 bits per heavy atom. The second-order valence-corrected chi connectivity index (χ2v) is 4.74. The van der Waals surface area contributed by atoms with Gasteiger partial charge in [-0.05, 0) is 25.7 Å². The average molecular weight is 212 g/mol. The van der Waals surface area contributed by atoms with E-state index in [9.17, 15) is 0 Å². The van der Waals surface area contributed by atoms with Gasteiger partial charge in [0.1, 0.15) is 5.84 Å². The third-order valence-electron chi connectivity index (χ3n) is 3.68. The van der Waals surface area contributed by atoms with Crippen molar-refractivity contribution in [2.75, 3.05) is 13.1 Å². The molecule has 1 saturated carbocycles. The van der Waals surface area contributed by atoms with Crippen LogP contribution in [-0.4, -0.2) is 41.1 Å². The maximum atomic E-state index is 8.59. The van der Waals surface area contributed by atoms with E-state index in [1.54, 1.807) is 0 Å². The Kier molecular flexibility index (Phi) is 3.11. The van der Waals surface area contributed by atoms with Gasteiger partial charge in [0.25, 0.3) is 0 Å². The topological polar surface area (TPSA) is 87.9 Å². The maximum absolute atomic E-state index is 8.59. The van der Waals surface area contributed by atoms with Crippen LogP contribution in [0.4, 0.5) is 0 Å². The van der Waals surface area contributed by atoms with E-state index in [4.69, 9.17) is 16.7 Å². The Hall–Kier alpha value is -0.810. The number of nitrogens with zero attached hydrogens (tertiary/aromatic N) is 2. The number of rotatable bonds is 2. The SMILES string of the molecule is N/C(=N\O)C1CCC(N2CC(N)C2)CC1. The molecular formula is C10H20N4O. The fourth-order valence-electron chi connectivity index (χ4n) is 2.67. The Labute approximate surface area is 90.1 Å². The molecule has 5 heteroatoms. The molecule has 2 fully saturated rings. The molecule has 0 amide bonds. The molecule has 0 atom stereocenters. The van der Waals surface area contributed by atoms with Crippen LogP contribution in [0.15, 0.2) is 5.16 Å². The molecule has 1 aliphatic carbocycles. The van der Waals surface area contributed by atoms with Gasteiger partial charge in [-0.25, -0.2) is 0 Å². The molecule has 0 aromatic heterocycles. The predicted molar refractivity (Wildman–Crippen MR) is 58.7 cm³/mol. The number of oxime groups is 1. The summed E-state index contributed by atoms with van der Waals surface area (Å²) in [6, 6.07) is 1.05. The molecule has 0 spiro atoms. The summed E-state index contributed by atoms with van der Waals surface area (Å²) in [6.07, 6.45) is 4.36. The molecule has 0 aromatic carbocycles. The van der Waals surface area contributed by atoms with Crippen LogP contribution in [0.5, 0.6) is 0 Å². The third kappa shape index (κ3) is 2.23. The fraction of sp³-hybridized carbons (Fsp3) is 0.900. The summed E-state index contributed by atoms with van der Waals surface area (Å²) < 4.78 is 0. The van der Waals surface area contributed by atoms with Crippen molar-refractivity contribution in [1.29, 1.82) is 0 Å². The van der Waals surface area contributed by atoms with Gasteiger partial charge in [-0.1, -0.05) is 5.16 Å². The number of likely N-dealkylation sites (tertiary alicyclic amines) is 1. The lowest BCUT2D eigenvalue weighted by Gasteiger charge is -2.45. The zero-order valence-electron chi connectivity index (χ0n) is 8.97. The third-order valence-corrected chi connectivity index (χ3v) is 3.68. The largest absolute Gasteiger partial charge is 0.409 e. The monoisotopic (exact) mass is 212 g/mol. The van der Waals surface area contributed by atoms with E-state index in [1.165, 1.54) is 0 Å². The lowest BCUT2D eigenvalue weighted by Crippen LogP contribution is -2.60. The minimum atomic E-state index is 0.279. The molecule has 1 heterocycles. The fourth-order valence-corrected chi connectivity index (χ4v) is 2.67. The standard InChI is InChI=1S/C10H20N4O/c11-8-5-14(6-8)9-3-1-7(2-4-9)10(12)13-15/h7-9,15H,1-6,11H2,(H2,12,13). The summed E-state index contributed by atoms with van der Waals surface area (Å²) in [4.78, 5) is 2.45. The van der Waals surface area contributed by atoms with E-state index in [2.05, 4.69) is 10.1 Å². The van der Waals surface area contributed by atoms with Crippen LogP contribution in [0.25, 0.3) is 0 Å². The maximum Gasteiger partial charge on any atom is 0.142 e. The van der Waals surface area contributed by atoms with E-state index < -0.39 is 0 Å². The molecule has 2 rings (SSSR count). The molecule has 86 valence electrons. The highest BCUT2D eigenvalue weighted by Gasteiger charge is 2.33. The minimum Gasteiger partial charge on any atom is -0.409 e. The highest BCUT2D eigenvalue weighted by molar-refractivity contribution is 5.82. The van der Waals surface area contributed by atoms with Crippen LogP contribution in [-0.2, 0) is 0 Å². The zero-order chi connectivity index (χ0) is 10.8. The smallest absolute Gasteiger partial charge is 0.142 e. The van der Waals surface area contributed by atoms with Crippen molar-refractivity contribution >= 4 is 5.84 Å². The number of hydrogen-bond acceptors (Lipinski definition) is 4. The molecule has 0 radical (unpaired) electrons. The van der Waals surface area contributed by atoms with Crippen LogP contribution >= 0.6 is 0 Å². The summed E-state index contributed by atoms with van der Waals surface area (Å²) in [5, 5.41) is 11.7. The van der Waals surface area contributed by atoms with Gasteiger partial charge in [-0.15, -0.1) is 0 Å². The highest BCUT2D eigenvalue weighted by Crippen LogP contribution is 2.29. The first-order valence-electron chi connectivity index (χ1n) is 5.67. The first-order valence-corrected chi connectivity index (χ1v) is 5.67. The van der Waals surface area contributed by atoms with Crippen molar-refractivity contribution in [2.45, 2.75) is 37.8 Å². The summed E-state index contributed by atoms with van der Waals surface area (Å²) in [5.74, 6) is 0.676. The lowest BCUT2D eigenvalue weighted by atomic mass is 9.83. The van der Waals surface area contributed by atoms with E-state index in [0.29, 0.717) is 17.9 Å². The van der Waals surface area contributed by atoms with E-state index >= 15 is 0 Å². The van der Waals surface area contributed by atoms with Gasteiger partial charge >= 0.3 is 0 Å². The number of nitrogens with two attached hydrogens (primary N) is 2.